The van der Waals surface area contributed by atoms with Gasteiger partial charge in [-0.1, -0.05) is 0 Å². The first-order chi connectivity index (χ1) is 6.38. The van der Waals surface area contributed by atoms with Crippen LogP contribution >= 0.6 is 0 Å². The molecule has 0 unspecified atom stereocenters. The predicted molar refractivity (Wildman–Crippen MR) is 48.9 cm³/mol. The van der Waals surface area contributed by atoms with E-state index >= 15 is 0 Å². The second kappa shape index (κ2) is 3.86. The molecule has 1 saturated heterocycles. The molecule has 0 N–H and O–H groups in total. The maximum absolute atomic E-state index is 11.1. The van der Waals surface area contributed by atoms with E-state index in [1.807, 2.05) is 0 Å². The van der Waals surface area contributed by atoms with E-state index in [1.54, 1.807) is 20.8 Å². The molecular weight excluding hydrogens is 186 g/mol. The standard InChI is InChI=1S/C9H15NO4/c1-9(2,3)14-8(12)13-7(11)10-5-4-6-10/h4-6H2,1-3H3. The Balaban J connectivity index is 2.29. The van der Waals surface area contributed by atoms with Gasteiger partial charge in [-0.05, 0) is 27.2 Å². The molecule has 5 nitrogen and oxygen atoms in total. The average molecular weight is 201 g/mol. The van der Waals surface area contributed by atoms with Crippen molar-refractivity contribution in [1.29, 1.82) is 0 Å². The first-order valence-electron chi connectivity index (χ1n) is 4.58. The number of rotatable bonds is 0. The Morgan fingerprint density at radius 2 is 1.79 bits per heavy atom. The van der Waals surface area contributed by atoms with E-state index in [1.165, 1.54) is 4.90 Å². The molecule has 1 heterocycles. The fourth-order valence-corrected chi connectivity index (χ4v) is 0.905. The number of nitrogens with zero attached hydrogens (tertiary/aromatic N) is 1. The van der Waals surface area contributed by atoms with Gasteiger partial charge in [0.15, 0.2) is 0 Å². The topological polar surface area (TPSA) is 55.8 Å². The van der Waals surface area contributed by atoms with Gasteiger partial charge in [0, 0.05) is 13.1 Å². The normalized spacial score (nSPS) is 15.8. The Morgan fingerprint density at radius 1 is 1.21 bits per heavy atom. The monoisotopic (exact) mass is 201 g/mol. The van der Waals surface area contributed by atoms with E-state index in [0.29, 0.717) is 13.1 Å². The Hall–Kier alpha value is -1.26. The smallest absolute Gasteiger partial charge is 0.428 e. The minimum atomic E-state index is -0.936. The molecule has 1 rings (SSSR count). The molecule has 0 bridgehead atoms. The van der Waals surface area contributed by atoms with Gasteiger partial charge >= 0.3 is 12.2 Å². The molecule has 0 saturated carbocycles. The van der Waals surface area contributed by atoms with Crippen molar-refractivity contribution >= 4 is 12.2 Å². The van der Waals surface area contributed by atoms with Crippen LogP contribution in [-0.2, 0) is 9.47 Å². The Labute approximate surface area is 83.0 Å². The summed E-state index contributed by atoms with van der Waals surface area (Å²) in [6.45, 7) is 6.44. The number of carbonyl (C=O) groups is 2. The predicted octanol–water partition coefficient (Wildman–Crippen LogP) is 1.76. The summed E-state index contributed by atoms with van der Waals surface area (Å²) in [6.07, 6.45) is -0.594. The van der Waals surface area contributed by atoms with Crippen molar-refractivity contribution in [2.24, 2.45) is 0 Å². The molecule has 1 aliphatic rings. The number of hydrogen-bond donors (Lipinski definition) is 0. The average Bonchev–Trinajstić information content (AvgIpc) is 1.75. The fourth-order valence-electron chi connectivity index (χ4n) is 0.905. The van der Waals surface area contributed by atoms with Crippen LogP contribution in [0.2, 0.25) is 0 Å². The molecular formula is C9H15NO4. The van der Waals surface area contributed by atoms with E-state index < -0.39 is 17.8 Å². The Kier molecular flexibility index (Phi) is 2.98. The molecule has 1 aliphatic heterocycles. The zero-order valence-electron chi connectivity index (χ0n) is 8.70. The lowest BCUT2D eigenvalue weighted by Crippen LogP contribution is -2.43. The summed E-state index contributed by atoms with van der Waals surface area (Å²) in [5.74, 6) is 0. The fraction of sp³-hybridized carbons (Fsp3) is 0.778. The molecule has 80 valence electrons. The SMILES string of the molecule is CC(C)(C)OC(=O)OC(=O)N1CCC1. The minimum absolute atomic E-state index is 0.620. The molecule has 14 heavy (non-hydrogen) atoms. The highest BCUT2D eigenvalue weighted by Crippen LogP contribution is 2.11. The molecule has 0 spiro atoms. The van der Waals surface area contributed by atoms with E-state index in [0.717, 1.165) is 6.42 Å². The summed E-state index contributed by atoms with van der Waals surface area (Å²) in [5.41, 5.74) is -0.633. The lowest BCUT2D eigenvalue weighted by atomic mass is 10.2. The molecule has 1 fully saturated rings. The summed E-state index contributed by atoms with van der Waals surface area (Å²) in [7, 11) is 0. The van der Waals surface area contributed by atoms with Gasteiger partial charge in [-0.3, -0.25) is 0 Å². The third-order valence-electron chi connectivity index (χ3n) is 1.67. The van der Waals surface area contributed by atoms with Crippen LogP contribution in [0.15, 0.2) is 0 Å². The van der Waals surface area contributed by atoms with Crippen molar-refractivity contribution in [3.63, 3.8) is 0 Å². The van der Waals surface area contributed by atoms with Gasteiger partial charge in [0.1, 0.15) is 5.60 Å². The summed E-state index contributed by atoms with van der Waals surface area (Å²) >= 11 is 0. The zero-order chi connectivity index (χ0) is 10.8. The largest absolute Gasteiger partial charge is 0.517 e. The summed E-state index contributed by atoms with van der Waals surface area (Å²) < 4.78 is 9.27. The molecule has 5 heteroatoms. The van der Waals surface area contributed by atoms with Crippen LogP contribution in [0.3, 0.4) is 0 Å². The van der Waals surface area contributed by atoms with Crippen LogP contribution in [-0.4, -0.2) is 35.8 Å². The van der Waals surface area contributed by atoms with E-state index in [2.05, 4.69) is 4.74 Å². The second-order valence-corrected chi connectivity index (χ2v) is 4.17. The Bertz CT molecular complexity index is 240. The minimum Gasteiger partial charge on any atom is -0.428 e. The van der Waals surface area contributed by atoms with Crippen LogP contribution in [0.4, 0.5) is 9.59 Å². The first-order valence-corrected chi connectivity index (χ1v) is 4.58. The maximum atomic E-state index is 11.1. The lowest BCUT2D eigenvalue weighted by molar-refractivity contribution is -0.000559. The van der Waals surface area contributed by atoms with Gasteiger partial charge in [-0.2, -0.15) is 0 Å². The van der Waals surface area contributed by atoms with Crippen molar-refractivity contribution in [3.05, 3.63) is 0 Å². The maximum Gasteiger partial charge on any atom is 0.517 e. The van der Waals surface area contributed by atoms with Crippen LogP contribution in [0.25, 0.3) is 0 Å². The highest BCUT2D eigenvalue weighted by atomic mass is 16.8. The number of carbonyl (C=O) groups excluding carboxylic acids is 2. The highest BCUT2D eigenvalue weighted by molar-refractivity contribution is 5.81. The van der Waals surface area contributed by atoms with Gasteiger partial charge in [0.25, 0.3) is 0 Å². The van der Waals surface area contributed by atoms with Gasteiger partial charge in [0.05, 0.1) is 0 Å². The van der Waals surface area contributed by atoms with E-state index in [4.69, 9.17) is 4.74 Å². The van der Waals surface area contributed by atoms with Crippen molar-refractivity contribution in [3.8, 4) is 0 Å². The number of likely N-dealkylation sites (tertiary alicyclic amines) is 1. The third-order valence-corrected chi connectivity index (χ3v) is 1.67. The first kappa shape index (κ1) is 10.8. The molecule has 1 amide bonds. The molecule has 0 aromatic carbocycles. The molecule has 0 aromatic heterocycles. The summed E-state index contributed by atoms with van der Waals surface area (Å²) in [6, 6.07) is 0. The number of ether oxygens (including phenoxy) is 2. The quantitative estimate of drug-likeness (QED) is 0.442. The molecule has 0 radical (unpaired) electrons. The van der Waals surface area contributed by atoms with Gasteiger partial charge in [0.2, 0.25) is 0 Å². The van der Waals surface area contributed by atoms with Crippen LogP contribution < -0.4 is 0 Å². The number of hydrogen-bond acceptors (Lipinski definition) is 4. The summed E-state index contributed by atoms with van der Waals surface area (Å²) in [5, 5.41) is 0. The zero-order valence-corrected chi connectivity index (χ0v) is 8.70. The van der Waals surface area contributed by atoms with Crippen molar-refractivity contribution in [2.45, 2.75) is 32.8 Å². The van der Waals surface area contributed by atoms with Crippen molar-refractivity contribution < 1.29 is 19.1 Å². The van der Waals surface area contributed by atoms with Crippen molar-refractivity contribution in [2.75, 3.05) is 13.1 Å². The lowest BCUT2D eigenvalue weighted by Gasteiger charge is -2.29. The van der Waals surface area contributed by atoms with Gasteiger partial charge < -0.3 is 14.4 Å². The molecule has 0 atom stereocenters. The van der Waals surface area contributed by atoms with E-state index in [9.17, 15) is 9.59 Å². The van der Waals surface area contributed by atoms with Crippen LogP contribution in [0, 0.1) is 0 Å². The molecule has 0 aromatic rings. The van der Waals surface area contributed by atoms with Crippen LogP contribution in [0.5, 0.6) is 0 Å². The Morgan fingerprint density at radius 3 is 2.14 bits per heavy atom. The number of amides is 1. The molecule has 0 aliphatic carbocycles. The van der Waals surface area contributed by atoms with Crippen LogP contribution in [0.1, 0.15) is 27.2 Å². The summed E-state index contributed by atoms with van der Waals surface area (Å²) in [4.78, 5) is 23.6. The van der Waals surface area contributed by atoms with Crippen molar-refractivity contribution in [1.82, 2.24) is 4.90 Å². The third kappa shape index (κ3) is 3.24. The van der Waals surface area contributed by atoms with Gasteiger partial charge in [-0.25, -0.2) is 9.59 Å². The van der Waals surface area contributed by atoms with Gasteiger partial charge in [-0.15, -0.1) is 0 Å². The van der Waals surface area contributed by atoms with E-state index in [-0.39, 0.29) is 0 Å². The highest BCUT2D eigenvalue weighted by Gasteiger charge is 2.26. The second-order valence-electron chi connectivity index (χ2n) is 4.17.